The third kappa shape index (κ3) is 2.94. The van der Waals surface area contributed by atoms with E-state index in [2.05, 4.69) is 36.3 Å². The molecule has 4 nitrogen and oxygen atoms in total. The summed E-state index contributed by atoms with van der Waals surface area (Å²) in [4.78, 5) is 9.41. The highest BCUT2D eigenvalue weighted by Gasteiger charge is 2.15. The van der Waals surface area contributed by atoms with Crippen molar-refractivity contribution < 1.29 is 4.42 Å². The average molecular weight is 343 g/mol. The predicted molar refractivity (Wildman–Crippen MR) is 106 cm³/mol. The van der Waals surface area contributed by atoms with E-state index >= 15 is 0 Å². The Hall–Kier alpha value is -3.14. The lowest BCUT2D eigenvalue weighted by Gasteiger charge is -2.15. The molecule has 0 aliphatic carbocycles. The zero-order valence-electron chi connectivity index (χ0n) is 15.2. The molecule has 1 N–H and O–H groups in total. The number of anilines is 2. The molecule has 0 bridgehead atoms. The molecule has 0 radical (unpaired) electrons. The van der Waals surface area contributed by atoms with Crippen molar-refractivity contribution in [2.75, 3.05) is 5.32 Å². The van der Waals surface area contributed by atoms with E-state index in [1.165, 1.54) is 0 Å². The van der Waals surface area contributed by atoms with Crippen molar-refractivity contribution >= 4 is 22.5 Å². The van der Waals surface area contributed by atoms with Gasteiger partial charge in [-0.3, -0.25) is 0 Å². The molecule has 0 amide bonds. The van der Waals surface area contributed by atoms with Crippen LogP contribution in [0.15, 0.2) is 59.2 Å². The minimum absolute atomic E-state index is 0.750. The molecule has 26 heavy (non-hydrogen) atoms. The van der Waals surface area contributed by atoms with Gasteiger partial charge in [-0.2, -0.15) is 0 Å². The van der Waals surface area contributed by atoms with Crippen LogP contribution in [0.5, 0.6) is 0 Å². The van der Waals surface area contributed by atoms with Crippen LogP contribution >= 0.6 is 0 Å². The van der Waals surface area contributed by atoms with Crippen LogP contribution in [0.1, 0.15) is 23.9 Å². The van der Waals surface area contributed by atoms with Crippen molar-refractivity contribution in [3.8, 4) is 11.3 Å². The lowest BCUT2D eigenvalue weighted by atomic mass is 10.0. The van der Waals surface area contributed by atoms with Gasteiger partial charge in [0.15, 0.2) is 0 Å². The lowest BCUT2D eigenvalue weighted by Crippen LogP contribution is -2.05. The highest BCUT2D eigenvalue weighted by atomic mass is 16.3. The van der Waals surface area contributed by atoms with Gasteiger partial charge >= 0.3 is 0 Å². The summed E-state index contributed by atoms with van der Waals surface area (Å²) in [6.07, 6.45) is 2.63. The number of aryl methyl sites for hydroxylation is 2. The lowest BCUT2D eigenvalue weighted by molar-refractivity contribution is 0.613. The Balaban J connectivity index is 1.85. The molecule has 2 heterocycles. The molecule has 0 spiro atoms. The molecular weight excluding hydrogens is 322 g/mol. The van der Waals surface area contributed by atoms with Crippen LogP contribution in [0.4, 0.5) is 11.5 Å². The molecule has 4 aromatic rings. The number of hydrogen-bond donors (Lipinski definition) is 1. The first-order valence-corrected chi connectivity index (χ1v) is 8.83. The summed E-state index contributed by atoms with van der Waals surface area (Å²) in [6.45, 7) is 6.13. The van der Waals surface area contributed by atoms with Crippen LogP contribution in [-0.2, 0) is 6.42 Å². The van der Waals surface area contributed by atoms with Crippen molar-refractivity contribution in [2.24, 2.45) is 0 Å². The van der Waals surface area contributed by atoms with E-state index in [4.69, 9.17) is 9.40 Å². The van der Waals surface area contributed by atoms with E-state index in [9.17, 15) is 0 Å². The van der Waals surface area contributed by atoms with Crippen molar-refractivity contribution in [3.05, 3.63) is 71.7 Å². The summed E-state index contributed by atoms with van der Waals surface area (Å²) < 4.78 is 5.58. The fourth-order valence-corrected chi connectivity index (χ4v) is 3.23. The minimum atomic E-state index is 0.750. The monoisotopic (exact) mass is 343 g/mol. The number of nitrogens with zero attached hydrogens (tertiary/aromatic N) is 2. The van der Waals surface area contributed by atoms with Crippen LogP contribution in [0.25, 0.3) is 22.2 Å². The molecule has 2 aromatic heterocycles. The molecule has 4 rings (SSSR count). The Kier molecular flexibility index (Phi) is 4.17. The van der Waals surface area contributed by atoms with Gasteiger partial charge in [-0.25, -0.2) is 9.97 Å². The summed E-state index contributed by atoms with van der Waals surface area (Å²) in [5, 5.41) is 4.57. The van der Waals surface area contributed by atoms with Crippen molar-refractivity contribution in [2.45, 2.75) is 27.2 Å². The molecule has 0 aliphatic rings. The number of hydrogen-bond acceptors (Lipinski definition) is 4. The molecule has 2 aromatic carbocycles. The SMILES string of the molecule is CCc1c(Nc2ccccc2)nc(C)nc1-c1ccc2occ(C)c2c1. The Morgan fingerprint density at radius 2 is 1.81 bits per heavy atom. The predicted octanol–water partition coefficient (Wildman–Crippen LogP) is 5.81. The van der Waals surface area contributed by atoms with Gasteiger partial charge in [-0.1, -0.05) is 25.1 Å². The molecule has 0 aliphatic heterocycles. The van der Waals surface area contributed by atoms with Gasteiger partial charge < -0.3 is 9.73 Å². The minimum Gasteiger partial charge on any atom is -0.464 e. The van der Waals surface area contributed by atoms with Gasteiger partial charge in [-0.05, 0) is 56.2 Å². The summed E-state index contributed by atoms with van der Waals surface area (Å²) in [5.41, 5.74) is 6.22. The Morgan fingerprint density at radius 3 is 2.58 bits per heavy atom. The van der Waals surface area contributed by atoms with Crippen molar-refractivity contribution in [3.63, 3.8) is 0 Å². The first-order valence-electron chi connectivity index (χ1n) is 8.83. The Bertz CT molecular complexity index is 1070. The summed E-state index contributed by atoms with van der Waals surface area (Å²) in [5.74, 6) is 1.62. The van der Waals surface area contributed by atoms with Gasteiger partial charge in [0.2, 0.25) is 0 Å². The zero-order valence-corrected chi connectivity index (χ0v) is 15.2. The van der Waals surface area contributed by atoms with Crippen LogP contribution in [0.2, 0.25) is 0 Å². The molecule has 0 saturated heterocycles. The van der Waals surface area contributed by atoms with Crippen LogP contribution in [-0.4, -0.2) is 9.97 Å². The fraction of sp³-hybridized carbons (Fsp3) is 0.182. The second-order valence-corrected chi connectivity index (χ2v) is 6.42. The highest BCUT2D eigenvalue weighted by molar-refractivity contribution is 5.86. The van der Waals surface area contributed by atoms with Gasteiger partial charge in [0.05, 0.1) is 12.0 Å². The third-order valence-corrected chi connectivity index (χ3v) is 4.55. The number of para-hydroxylation sites is 1. The van der Waals surface area contributed by atoms with Gasteiger partial charge in [-0.15, -0.1) is 0 Å². The number of rotatable bonds is 4. The molecule has 0 atom stereocenters. The highest BCUT2D eigenvalue weighted by Crippen LogP contribution is 2.32. The number of fused-ring (bicyclic) bond motifs is 1. The first-order chi connectivity index (χ1) is 12.7. The normalized spacial score (nSPS) is 11.0. The Morgan fingerprint density at radius 1 is 1.00 bits per heavy atom. The smallest absolute Gasteiger partial charge is 0.137 e. The van der Waals surface area contributed by atoms with E-state index in [0.29, 0.717) is 0 Å². The van der Waals surface area contributed by atoms with Crippen LogP contribution < -0.4 is 5.32 Å². The Labute approximate surface area is 152 Å². The van der Waals surface area contributed by atoms with E-state index in [-0.39, 0.29) is 0 Å². The number of aromatic nitrogens is 2. The van der Waals surface area contributed by atoms with Crippen molar-refractivity contribution in [1.29, 1.82) is 0 Å². The quantitative estimate of drug-likeness (QED) is 0.508. The number of furan rings is 1. The standard InChI is InChI=1S/C22H21N3O/c1-4-18-21(16-10-11-20-19(12-16)14(2)13-26-20)23-15(3)24-22(18)25-17-8-6-5-7-9-17/h5-13H,4H2,1-3H3,(H,23,24,25). The van der Waals surface area contributed by atoms with E-state index in [0.717, 1.165) is 57.1 Å². The maximum Gasteiger partial charge on any atom is 0.137 e. The topological polar surface area (TPSA) is 51.0 Å². The number of benzene rings is 2. The maximum absolute atomic E-state index is 5.58. The van der Waals surface area contributed by atoms with E-state index in [1.807, 2.05) is 43.3 Å². The summed E-state index contributed by atoms with van der Waals surface area (Å²) >= 11 is 0. The molecule has 130 valence electrons. The second-order valence-electron chi connectivity index (χ2n) is 6.42. The van der Waals surface area contributed by atoms with Gasteiger partial charge in [0, 0.05) is 22.2 Å². The third-order valence-electron chi connectivity index (χ3n) is 4.55. The largest absolute Gasteiger partial charge is 0.464 e. The molecule has 0 unspecified atom stereocenters. The summed E-state index contributed by atoms with van der Waals surface area (Å²) in [7, 11) is 0. The number of nitrogens with one attached hydrogen (secondary N) is 1. The fourth-order valence-electron chi connectivity index (χ4n) is 3.23. The van der Waals surface area contributed by atoms with Gasteiger partial charge in [0.1, 0.15) is 17.2 Å². The zero-order chi connectivity index (χ0) is 18.1. The van der Waals surface area contributed by atoms with Crippen LogP contribution in [0, 0.1) is 13.8 Å². The van der Waals surface area contributed by atoms with E-state index < -0.39 is 0 Å². The summed E-state index contributed by atoms with van der Waals surface area (Å²) in [6, 6.07) is 16.3. The second kappa shape index (κ2) is 6.64. The first kappa shape index (κ1) is 16.3. The van der Waals surface area contributed by atoms with Crippen LogP contribution in [0.3, 0.4) is 0 Å². The molecule has 0 fully saturated rings. The van der Waals surface area contributed by atoms with Crippen molar-refractivity contribution in [1.82, 2.24) is 9.97 Å². The molecular formula is C22H21N3O. The van der Waals surface area contributed by atoms with Gasteiger partial charge in [0.25, 0.3) is 0 Å². The molecule has 4 heteroatoms. The maximum atomic E-state index is 5.58. The molecule has 0 saturated carbocycles. The average Bonchev–Trinajstić information content (AvgIpc) is 3.02. The van der Waals surface area contributed by atoms with E-state index in [1.54, 1.807) is 6.26 Å².